The molecule has 1 N–H and O–H groups in total. The molecule has 0 radical (unpaired) electrons. The Labute approximate surface area is 124 Å². The molecule has 0 saturated carbocycles. The second-order valence-corrected chi connectivity index (χ2v) is 5.98. The smallest absolute Gasteiger partial charge is 0.132 e. The highest BCUT2D eigenvalue weighted by molar-refractivity contribution is 5.39. The first-order valence-electron chi connectivity index (χ1n) is 7.70. The number of rotatable bonds is 4. The van der Waals surface area contributed by atoms with E-state index in [1.807, 2.05) is 6.33 Å². The topological polar surface area (TPSA) is 52.0 Å². The van der Waals surface area contributed by atoms with Gasteiger partial charge in [-0.2, -0.15) is 0 Å². The molecule has 0 aliphatic carbocycles. The summed E-state index contributed by atoms with van der Waals surface area (Å²) in [5.74, 6) is 2.86. The zero-order valence-electron chi connectivity index (χ0n) is 12.1. The lowest BCUT2D eigenvalue weighted by Gasteiger charge is -2.23. The summed E-state index contributed by atoms with van der Waals surface area (Å²) >= 11 is 0. The highest BCUT2D eigenvalue weighted by atomic mass is 16.5. The normalized spacial score (nSPS) is 19.9. The van der Waals surface area contributed by atoms with Gasteiger partial charge in [-0.15, -0.1) is 10.2 Å². The largest absolute Gasteiger partial charge is 0.493 e. The van der Waals surface area contributed by atoms with Crippen molar-refractivity contribution >= 4 is 0 Å². The molecule has 1 aromatic heterocycles. The molecular formula is C16H20N4O. The second-order valence-electron chi connectivity index (χ2n) is 5.98. The Morgan fingerprint density at radius 2 is 2.33 bits per heavy atom. The molecule has 3 heterocycles. The van der Waals surface area contributed by atoms with E-state index in [-0.39, 0.29) is 0 Å². The Bertz CT molecular complexity index is 637. The average molecular weight is 284 g/mol. The monoisotopic (exact) mass is 284 g/mol. The number of benzene rings is 1. The first-order chi connectivity index (χ1) is 10.4. The third kappa shape index (κ3) is 2.65. The summed E-state index contributed by atoms with van der Waals surface area (Å²) in [5, 5.41) is 11.7. The molecule has 2 aliphatic rings. The molecule has 0 bridgehead atoms. The highest BCUT2D eigenvalue weighted by Gasteiger charge is 2.19. The minimum absolute atomic E-state index is 0.672. The van der Waals surface area contributed by atoms with E-state index >= 15 is 0 Å². The van der Waals surface area contributed by atoms with E-state index in [4.69, 9.17) is 4.74 Å². The van der Waals surface area contributed by atoms with E-state index in [9.17, 15) is 0 Å². The van der Waals surface area contributed by atoms with Gasteiger partial charge in [0.1, 0.15) is 17.9 Å². The van der Waals surface area contributed by atoms with Crippen LogP contribution in [-0.2, 0) is 25.9 Å². The quantitative estimate of drug-likeness (QED) is 0.926. The summed E-state index contributed by atoms with van der Waals surface area (Å²) in [6.45, 7) is 3.84. The molecule has 2 aliphatic heterocycles. The molecule has 0 saturated heterocycles. The fraction of sp³-hybridized carbons (Fsp3) is 0.500. The van der Waals surface area contributed by atoms with Gasteiger partial charge >= 0.3 is 0 Å². The van der Waals surface area contributed by atoms with Crippen LogP contribution in [0.3, 0.4) is 0 Å². The summed E-state index contributed by atoms with van der Waals surface area (Å²) in [6.07, 6.45) is 5.14. The number of aryl methyl sites for hydroxylation is 1. The van der Waals surface area contributed by atoms with Gasteiger partial charge in [0.05, 0.1) is 6.61 Å². The van der Waals surface area contributed by atoms with Crippen LogP contribution in [0.4, 0.5) is 0 Å². The molecule has 0 spiro atoms. The van der Waals surface area contributed by atoms with Gasteiger partial charge in [-0.05, 0) is 36.1 Å². The van der Waals surface area contributed by atoms with Crippen molar-refractivity contribution in [3.8, 4) is 5.75 Å². The van der Waals surface area contributed by atoms with Crippen molar-refractivity contribution in [1.82, 2.24) is 20.1 Å². The van der Waals surface area contributed by atoms with Gasteiger partial charge in [0.15, 0.2) is 0 Å². The summed E-state index contributed by atoms with van der Waals surface area (Å²) < 4.78 is 7.73. The Balaban J connectivity index is 1.30. The zero-order chi connectivity index (χ0) is 14.1. The highest BCUT2D eigenvalue weighted by Crippen LogP contribution is 2.25. The predicted octanol–water partition coefficient (Wildman–Crippen LogP) is 1.57. The fourth-order valence-electron chi connectivity index (χ4n) is 3.26. The zero-order valence-corrected chi connectivity index (χ0v) is 12.1. The van der Waals surface area contributed by atoms with Crippen molar-refractivity contribution in [3.05, 3.63) is 41.5 Å². The maximum absolute atomic E-state index is 5.54. The number of ether oxygens (including phenoxy) is 1. The van der Waals surface area contributed by atoms with E-state index in [0.29, 0.717) is 5.92 Å². The first-order valence-corrected chi connectivity index (χ1v) is 7.70. The van der Waals surface area contributed by atoms with Crippen molar-refractivity contribution in [2.75, 3.05) is 13.2 Å². The SMILES string of the molecule is c1cc2c(cc1CNCC1CCc3nncn3C1)CCO2. The van der Waals surface area contributed by atoms with Crippen LogP contribution in [0.1, 0.15) is 23.4 Å². The van der Waals surface area contributed by atoms with Gasteiger partial charge in [-0.3, -0.25) is 0 Å². The Morgan fingerprint density at radius 1 is 1.33 bits per heavy atom. The van der Waals surface area contributed by atoms with Gasteiger partial charge < -0.3 is 14.6 Å². The predicted molar refractivity (Wildman–Crippen MR) is 79.2 cm³/mol. The first kappa shape index (κ1) is 12.8. The molecule has 5 heteroatoms. The molecular weight excluding hydrogens is 264 g/mol. The molecule has 1 unspecified atom stereocenters. The molecule has 110 valence electrons. The third-order valence-electron chi connectivity index (χ3n) is 4.44. The van der Waals surface area contributed by atoms with Gasteiger partial charge in [0.2, 0.25) is 0 Å². The van der Waals surface area contributed by atoms with Crippen LogP contribution in [-0.4, -0.2) is 27.9 Å². The van der Waals surface area contributed by atoms with Gasteiger partial charge in [0.25, 0.3) is 0 Å². The maximum Gasteiger partial charge on any atom is 0.132 e. The fourth-order valence-corrected chi connectivity index (χ4v) is 3.26. The summed E-state index contributed by atoms with van der Waals surface area (Å²) in [6, 6.07) is 6.54. The lowest BCUT2D eigenvalue weighted by Crippen LogP contribution is -2.29. The number of fused-ring (bicyclic) bond motifs is 2. The number of hydrogen-bond donors (Lipinski definition) is 1. The Morgan fingerprint density at radius 3 is 3.33 bits per heavy atom. The van der Waals surface area contributed by atoms with Crippen LogP contribution in [0.15, 0.2) is 24.5 Å². The molecule has 5 nitrogen and oxygen atoms in total. The van der Waals surface area contributed by atoms with Crippen LogP contribution < -0.4 is 10.1 Å². The molecule has 2 aromatic rings. The van der Waals surface area contributed by atoms with E-state index in [2.05, 4.69) is 38.3 Å². The average Bonchev–Trinajstić information content (AvgIpc) is 3.14. The lowest BCUT2D eigenvalue weighted by atomic mass is 9.99. The van der Waals surface area contributed by atoms with Crippen molar-refractivity contribution in [2.45, 2.75) is 32.4 Å². The molecule has 1 atom stereocenters. The molecule has 4 rings (SSSR count). The summed E-state index contributed by atoms with van der Waals surface area (Å²) in [7, 11) is 0. The Kier molecular flexibility index (Phi) is 3.35. The second kappa shape index (κ2) is 5.48. The number of aromatic nitrogens is 3. The Hall–Kier alpha value is -1.88. The number of nitrogens with one attached hydrogen (secondary N) is 1. The van der Waals surface area contributed by atoms with Gasteiger partial charge in [-0.1, -0.05) is 12.1 Å². The molecule has 0 amide bonds. The van der Waals surface area contributed by atoms with Crippen molar-refractivity contribution in [1.29, 1.82) is 0 Å². The minimum Gasteiger partial charge on any atom is -0.493 e. The van der Waals surface area contributed by atoms with Crippen LogP contribution in [0.5, 0.6) is 5.75 Å². The van der Waals surface area contributed by atoms with Crippen molar-refractivity contribution in [2.24, 2.45) is 5.92 Å². The van der Waals surface area contributed by atoms with Crippen LogP contribution in [0, 0.1) is 5.92 Å². The van der Waals surface area contributed by atoms with Crippen LogP contribution in [0.25, 0.3) is 0 Å². The van der Waals surface area contributed by atoms with Gasteiger partial charge in [0, 0.05) is 25.9 Å². The number of hydrogen-bond acceptors (Lipinski definition) is 4. The van der Waals surface area contributed by atoms with Crippen molar-refractivity contribution < 1.29 is 4.74 Å². The van der Waals surface area contributed by atoms with E-state index < -0.39 is 0 Å². The molecule has 1 aromatic carbocycles. The summed E-state index contributed by atoms with van der Waals surface area (Å²) in [4.78, 5) is 0. The van der Waals surface area contributed by atoms with E-state index in [0.717, 1.165) is 50.7 Å². The molecule has 21 heavy (non-hydrogen) atoms. The minimum atomic E-state index is 0.672. The number of nitrogens with zero attached hydrogens (tertiary/aromatic N) is 3. The van der Waals surface area contributed by atoms with Gasteiger partial charge in [-0.25, -0.2) is 0 Å². The van der Waals surface area contributed by atoms with Crippen LogP contribution in [0.2, 0.25) is 0 Å². The molecule has 0 fully saturated rings. The van der Waals surface area contributed by atoms with Crippen molar-refractivity contribution in [3.63, 3.8) is 0 Å². The lowest BCUT2D eigenvalue weighted by molar-refractivity contribution is 0.347. The van der Waals surface area contributed by atoms with E-state index in [1.54, 1.807) is 0 Å². The standard InChI is InChI=1S/C16H20N4O/c1-3-15-14(5-6-21-15)7-12(1)8-17-9-13-2-4-16-19-18-11-20(16)10-13/h1,3,7,11,13,17H,2,4-6,8-10H2. The van der Waals surface area contributed by atoms with E-state index in [1.165, 1.54) is 17.5 Å². The summed E-state index contributed by atoms with van der Waals surface area (Å²) in [5.41, 5.74) is 2.70. The third-order valence-corrected chi connectivity index (χ3v) is 4.44. The maximum atomic E-state index is 5.54. The van der Waals surface area contributed by atoms with Crippen LogP contribution >= 0.6 is 0 Å².